The van der Waals surface area contributed by atoms with Crippen molar-refractivity contribution in [1.82, 2.24) is 10.3 Å². The molecule has 0 aliphatic heterocycles. The molecule has 0 saturated heterocycles. The van der Waals surface area contributed by atoms with Gasteiger partial charge in [-0.05, 0) is 35.4 Å². The minimum Gasteiger partial charge on any atom is -0.489 e. The van der Waals surface area contributed by atoms with Gasteiger partial charge in [-0.3, -0.25) is 9.78 Å². The SMILES string of the molecule is O=C(N[C@H](Cc1cccc(OCc2ccccc2)c1)C(=O)O)c1cccnc1. The van der Waals surface area contributed by atoms with Gasteiger partial charge < -0.3 is 15.2 Å². The van der Waals surface area contributed by atoms with E-state index < -0.39 is 17.9 Å². The average Bonchev–Trinajstić information content (AvgIpc) is 2.73. The number of ether oxygens (including phenoxy) is 1. The van der Waals surface area contributed by atoms with Crippen LogP contribution >= 0.6 is 0 Å². The average molecular weight is 376 g/mol. The summed E-state index contributed by atoms with van der Waals surface area (Å²) in [5.41, 5.74) is 2.11. The largest absolute Gasteiger partial charge is 0.489 e. The summed E-state index contributed by atoms with van der Waals surface area (Å²) in [5, 5.41) is 12.0. The monoisotopic (exact) mass is 376 g/mol. The highest BCUT2D eigenvalue weighted by molar-refractivity contribution is 5.96. The molecule has 0 spiro atoms. The predicted octanol–water partition coefficient (Wildman–Crippen LogP) is 3.09. The van der Waals surface area contributed by atoms with E-state index in [0.29, 0.717) is 17.9 Å². The molecule has 1 atom stereocenters. The second-order valence-corrected chi connectivity index (χ2v) is 6.23. The molecule has 2 aromatic carbocycles. The van der Waals surface area contributed by atoms with E-state index in [-0.39, 0.29) is 6.42 Å². The summed E-state index contributed by atoms with van der Waals surface area (Å²) in [6, 6.07) is 19.1. The van der Waals surface area contributed by atoms with E-state index in [4.69, 9.17) is 4.74 Å². The van der Waals surface area contributed by atoms with Gasteiger partial charge in [0, 0.05) is 18.8 Å². The quantitative estimate of drug-likeness (QED) is 0.631. The molecule has 3 aromatic rings. The summed E-state index contributed by atoms with van der Waals surface area (Å²) in [6.07, 6.45) is 3.09. The lowest BCUT2D eigenvalue weighted by molar-refractivity contribution is -0.139. The fourth-order valence-corrected chi connectivity index (χ4v) is 2.68. The van der Waals surface area contributed by atoms with Crippen molar-refractivity contribution in [3.63, 3.8) is 0 Å². The fraction of sp³-hybridized carbons (Fsp3) is 0.136. The maximum atomic E-state index is 12.2. The number of nitrogens with zero attached hydrogens (tertiary/aromatic N) is 1. The van der Waals surface area contributed by atoms with E-state index in [9.17, 15) is 14.7 Å². The maximum Gasteiger partial charge on any atom is 0.326 e. The Hall–Kier alpha value is -3.67. The molecule has 0 fully saturated rings. The lowest BCUT2D eigenvalue weighted by atomic mass is 10.1. The van der Waals surface area contributed by atoms with Gasteiger partial charge in [-0.2, -0.15) is 0 Å². The molecule has 2 N–H and O–H groups in total. The molecule has 1 aromatic heterocycles. The summed E-state index contributed by atoms with van der Waals surface area (Å²) in [6.45, 7) is 0.421. The van der Waals surface area contributed by atoms with E-state index >= 15 is 0 Å². The molecular weight excluding hydrogens is 356 g/mol. The van der Waals surface area contributed by atoms with Crippen molar-refractivity contribution >= 4 is 11.9 Å². The second-order valence-electron chi connectivity index (χ2n) is 6.23. The minimum absolute atomic E-state index is 0.143. The number of rotatable bonds is 8. The number of carboxylic acids is 1. The van der Waals surface area contributed by atoms with Gasteiger partial charge in [0.05, 0.1) is 5.56 Å². The second kappa shape index (κ2) is 9.32. The van der Waals surface area contributed by atoms with Crippen LogP contribution in [0.2, 0.25) is 0 Å². The van der Waals surface area contributed by atoms with Crippen LogP contribution in [0.15, 0.2) is 79.1 Å². The van der Waals surface area contributed by atoms with Crippen LogP contribution in [0.3, 0.4) is 0 Å². The van der Waals surface area contributed by atoms with Gasteiger partial charge in [0.15, 0.2) is 0 Å². The topological polar surface area (TPSA) is 88.5 Å². The van der Waals surface area contributed by atoms with Crippen molar-refractivity contribution in [1.29, 1.82) is 0 Å². The Morgan fingerprint density at radius 2 is 1.79 bits per heavy atom. The maximum absolute atomic E-state index is 12.2. The molecule has 0 aliphatic carbocycles. The number of aliphatic carboxylic acids is 1. The van der Waals surface area contributed by atoms with Gasteiger partial charge in [-0.15, -0.1) is 0 Å². The molecule has 28 heavy (non-hydrogen) atoms. The lowest BCUT2D eigenvalue weighted by Gasteiger charge is -2.15. The van der Waals surface area contributed by atoms with E-state index in [2.05, 4.69) is 10.3 Å². The third kappa shape index (κ3) is 5.41. The first kappa shape index (κ1) is 19.1. The molecule has 0 aliphatic rings. The smallest absolute Gasteiger partial charge is 0.326 e. The van der Waals surface area contributed by atoms with Crippen LogP contribution in [0.1, 0.15) is 21.5 Å². The Morgan fingerprint density at radius 1 is 1.00 bits per heavy atom. The van der Waals surface area contributed by atoms with Crippen LogP contribution in [0.5, 0.6) is 5.75 Å². The molecule has 3 rings (SSSR count). The Labute approximate surface area is 162 Å². The first-order valence-electron chi connectivity index (χ1n) is 8.81. The Morgan fingerprint density at radius 3 is 2.50 bits per heavy atom. The highest BCUT2D eigenvalue weighted by atomic mass is 16.5. The molecule has 0 radical (unpaired) electrons. The molecule has 0 unspecified atom stereocenters. The highest BCUT2D eigenvalue weighted by Gasteiger charge is 2.21. The first-order chi connectivity index (χ1) is 13.6. The Bertz CT molecular complexity index is 930. The molecule has 6 nitrogen and oxygen atoms in total. The normalized spacial score (nSPS) is 11.4. The van der Waals surface area contributed by atoms with E-state index in [0.717, 1.165) is 11.1 Å². The first-order valence-corrected chi connectivity index (χ1v) is 8.81. The third-order valence-corrected chi connectivity index (χ3v) is 4.11. The van der Waals surface area contributed by atoms with E-state index in [1.807, 2.05) is 42.5 Å². The number of nitrogens with one attached hydrogen (secondary N) is 1. The van der Waals surface area contributed by atoms with Gasteiger partial charge in [-0.25, -0.2) is 4.79 Å². The standard InChI is InChI=1S/C22H20N2O4/c25-21(18-9-5-11-23-14-18)24-20(22(26)27)13-17-8-4-10-19(12-17)28-15-16-6-2-1-3-7-16/h1-12,14,20H,13,15H2,(H,24,25)(H,26,27)/t20-/m1/s1. The molecule has 142 valence electrons. The van der Waals surface area contributed by atoms with Crippen LogP contribution in [-0.2, 0) is 17.8 Å². The number of carbonyl (C=O) groups is 2. The third-order valence-electron chi connectivity index (χ3n) is 4.11. The highest BCUT2D eigenvalue weighted by Crippen LogP contribution is 2.17. The van der Waals surface area contributed by atoms with Gasteiger partial charge in [0.2, 0.25) is 0 Å². The van der Waals surface area contributed by atoms with Crippen molar-refractivity contribution in [2.24, 2.45) is 0 Å². The predicted molar refractivity (Wildman–Crippen MR) is 104 cm³/mol. The molecule has 1 heterocycles. The van der Waals surface area contributed by atoms with Gasteiger partial charge >= 0.3 is 5.97 Å². The van der Waals surface area contributed by atoms with Crippen LogP contribution in [-0.4, -0.2) is 28.0 Å². The number of benzene rings is 2. The number of aromatic nitrogens is 1. The number of pyridine rings is 1. The van der Waals surface area contributed by atoms with E-state index in [1.54, 1.807) is 30.5 Å². The fourth-order valence-electron chi connectivity index (χ4n) is 2.68. The minimum atomic E-state index is -1.10. The van der Waals surface area contributed by atoms with Crippen LogP contribution in [0.4, 0.5) is 0 Å². The summed E-state index contributed by atoms with van der Waals surface area (Å²) in [5.74, 6) is -0.936. The number of carboxylic acid groups (broad SMARTS) is 1. The molecule has 0 bridgehead atoms. The number of carbonyl (C=O) groups excluding carboxylic acids is 1. The summed E-state index contributed by atoms with van der Waals surface area (Å²) < 4.78 is 5.78. The number of hydrogen-bond donors (Lipinski definition) is 2. The number of hydrogen-bond acceptors (Lipinski definition) is 4. The van der Waals surface area contributed by atoms with Crippen molar-refractivity contribution in [2.75, 3.05) is 0 Å². The Balaban J connectivity index is 1.64. The van der Waals surface area contributed by atoms with Gasteiger partial charge in [0.25, 0.3) is 5.91 Å². The molecule has 0 saturated carbocycles. The van der Waals surface area contributed by atoms with E-state index in [1.165, 1.54) is 6.20 Å². The molecule has 1 amide bonds. The van der Waals surface area contributed by atoms with Crippen molar-refractivity contribution < 1.29 is 19.4 Å². The number of amides is 1. The molecular formula is C22H20N2O4. The van der Waals surface area contributed by atoms with Crippen LogP contribution in [0.25, 0.3) is 0 Å². The summed E-state index contributed by atoms with van der Waals surface area (Å²) in [7, 11) is 0. The van der Waals surface area contributed by atoms with Gasteiger partial charge in [-0.1, -0.05) is 42.5 Å². The Kier molecular flexibility index (Phi) is 6.36. The van der Waals surface area contributed by atoms with Crippen LogP contribution in [0, 0.1) is 0 Å². The zero-order chi connectivity index (χ0) is 19.8. The van der Waals surface area contributed by atoms with Crippen molar-refractivity contribution in [3.05, 3.63) is 95.8 Å². The van der Waals surface area contributed by atoms with Gasteiger partial charge in [0.1, 0.15) is 18.4 Å². The zero-order valence-electron chi connectivity index (χ0n) is 15.1. The van der Waals surface area contributed by atoms with Crippen molar-refractivity contribution in [2.45, 2.75) is 19.1 Å². The summed E-state index contributed by atoms with van der Waals surface area (Å²) in [4.78, 5) is 27.7. The molecule has 6 heteroatoms. The zero-order valence-corrected chi connectivity index (χ0v) is 15.1. The lowest BCUT2D eigenvalue weighted by Crippen LogP contribution is -2.42. The van der Waals surface area contributed by atoms with Crippen molar-refractivity contribution in [3.8, 4) is 5.75 Å². The van der Waals surface area contributed by atoms with Crippen LogP contribution < -0.4 is 10.1 Å². The summed E-state index contributed by atoms with van der Waals surface area (Å²) >= 11 is 0.